The molecule has 0 spiro atoms. The SMILES string of the molecule is Cc1ccc(O)c(CCCN2CCN(C)CC2)c1. The molecule has 3 nitrogen and oxygen atoms in total. The molecule has 0 aromatic heterocycles. The van der Waals surface area contributed by atoms with Crippen molar-refractivity contribution in [1.82, 2.24) is 9.80 Å². The molecule has 0 aliphatic carbocycles. The summed E-state index contributed by atoms with van der Waals surface area (Å²) in [5, 5.41) is 9.79. The Morgan fingerprint density at radius 3 is 2.61 bits per heavy atom. The summed E-state index contributed by atoms with van der Waals surface area (Å²) in [4.78, 5) is 4.90. The molecule has 3 heteroatoms. The molecule has 1 aliphatic rings. The molecule has 1 N–H and O–H groups in total. The van der Waals surface area contributed by atoms with Crippen molar-refractivity contribution >= 4 is 0 Å². The molecule has 100 valence electrons. The van der Waals surface area contributed by atoms with E-state index in [1.54, 1.807) is 6.07 Å². The molecule has 1 aromatic carbocycles. The van der Waals surface area contributed by atoms with Gasteiger partial charge in [0.2, 0.25) is 0 Å². The summed E-state index contributed by atoms with van der Waals surface area (Å²) >= 11 is 0. The van der Waals surface area contributed by atoms with Crippen molar-refractivity contribution in [2.45, 2.75) is 19.8 Å². The van der Waals surface area contributed by atoms with Gasteiger partial charge in [0.05, 0.1) is 0 Å². The summed E-state index contributed by atoms with van der Waals surface area (Å²) in [5.74, 6) is 0.443. The van der Waals surface area contributed by atoms with E-state index in [4.69, 9.17) is 0 Å². The van der Waals surface area contributed by atoms with Crippen molar-refractivity contribution in [1.29, 1.82) is 0 Å². The van der Waals surface area contributed by atoms with Gasteiger partial charge in [-0.05, 0) is 45.0 Å². The van der Waals surface area contributed by atoms with E-state index in [0.29, 0.717) is 5.75 Å². The van der Waals surface area contributed by atoms with Crippen LogP contribution in [0.15, 0.2) is 18.2 Å². The zero-order chi connectivity index (χ0) is 13.0. The molecule has 1 fully saturated rings. The highest BCUT2D eigenvalue weighted by molar-refractivity contribution is 5.35. The fourth-order valence-corrected chi connectivity index (χ4v) is 2.48. The summed E-state index contributed by atoms with van der Waals surface area (Å²) in [7, 11) is 2.18. The Balaban J connectivity index is 1.76. The van der Waals surface area contributed by atoms with Gasteiger partial charge in [-0.3, -0.25) is 0 Å². The van der Waals surface area contributed by atoms with E-state index in [-0.39, 0.29) is 0 Å². The minimum atomic E-state index is 0.443. The van der Waals surface area contributed by atoms with Crippen LogP contribution in [0.4, 0.5) is 0 Å². The van der Waals surface area contributed by atoms with E-state index in [2.05, 4.69) is 29.8 Å². The fourth-order valence-electron chi connectivity index (χ4n) is 2.48. The highest BCUT2D eigenvalue weighted by Crippen LogP contribution is 2.19. The smallest absolute Gasteiger partial charge is 0.118 e. The number of hydrogen-bond donors (Lipinski definition) is 1. The van der Waals surface area contributed by atoms with E-state index in [1.807, 2.05) is 6.07 Å². The second-order valence-electron chi connectivity index (χ2n) is 5.38. The summed E-state index contributed by atoms with van der Waals surface area (Å²) < 4.78 is 0. The first-order chi connectivity index (χ1) is 8.65. The average molecular weight is 248 g/mol. The quantitative estimate of drug-likeness (QED) is 0.881. The Labute approximate surface area is 110 Å². The maximum absolute atomic E-state index is 9.79. The normalized spacial score (nSPS) is 18.1. The average Bonchev–Trinajstić information content (AvgIpc) is 2.36. The Kier molecular flexibility index (Phi) is 4.61. The van der Waals surface area contributed by atoms with Gasteiger partial charge in [0.25, 0.3) is 0 Å². The van der Waals surface area contributed by atoms with Crippen molar-refractivity contribution in [3.63, 3.8) is 0 Å². The number of aryl methyl sites for hydroxylation is 2. The number of phenolic OH excluding ortho intramolecular Hbond substituents is 1. The number of aromatic hydroxyl groups is 1. The van der Waals surface area contributed by atoms with Crippen molar-refractivity contribution in [3.05, 3.63) is 29.3 Å². The first-order valence-corrected chi connectivity index (χ1v) is 6.84. The highest BCUT2D eigenvalue weighted by Gasteiger charge is 2.13. The highest BCUT2D eigenvalue weighted by atomic mass is 16.3. The summed E-state index contributed by atoms with van der Waals surface area (Å²) in [6, 6.07) is 5.86. The Morgan fingerprint density at radius 2 is 1.89 bits per heavy atom. The van der Waals surface area contributed by atoms with Crippen LogP contribution in [0.25, 0.3) is 0 Å². The number of phenols is 1. The molecule has 0 unspecified atom stereocenters. The van der Waals surface area contributed by atoms with Crippen LogP contribution in [0.2, 0.25) is 0 Å². The van der Waals surface area contributed by atoms with Gasteiger partial charge in [0.1, 0.15) is 5.75 Å². The molecule has 2 rings (SSSR count). The third-order valence-electron chi connectivity index (χ3n) is 3.75. The van der Waals surface area contributed by atoms with Crippen LogP contribution >= 0.6 is 0 Å². The lowest BCUT2D eigenvalue weighted by Crippen LogP contribution is -2.44. The first-order valence-electron chi connectivity index (χ1n) is 6.84. The molecular weight excluding hydrogens is 224 g/mol. The topological polar surface area (TPSA) is 26.7 Å². The predicted octanol–water partition coefficient (Wildman–Crippen LogP) is 1.88. The van der Waals surface area contributed by atoms with Gasteiger partial charge in [-0.2, -0.15) is 0 Å². The molecule has 18 heavy (non-hydrogen) atoms. The van der Waals surface area contributed by atoms with Gasteiger partial charge in [-0.1, -0.05) is 17.7 Å². The molecule has 0 amide bonds. The molecule has 1 aromatic rings. The van der Waals surface area contributed by atoms with Gasteiger partial charge < -0.3 is 14.9 Å². The monoisotopic (exact) mass is 248 g/mol. The molecule has 0 saturated carbocycles. The molecule has 0 bridgehead atoms. The van der Waals surface area contributed by atoms with E-state index in [1.165, 1.54) is 31.7 Å². The van der Waals surface area contributed by atoms with Crippen LogP contribution in [-0.2, 0) is 6.42 Å². The Hall–Kier alpha value is -1.06. The van der Waals surface area contributed by atoms with Gasteiger partial charge in [-0.25, -0.2) is 0 Å². The van der Waals surface area contributed by atoms with Crippen LogP contribution in [0.3, 0.4) is 0 Å². The standard InChI is InChI=1S/C15H24N2O/c1-13-5-6-15(18)14(12-13)4-3-7-17-10-8-16(2)9-11-17/h5-6,12,18H,3-4,7-11H2,1-2H3. The summed E-state index contributed by atoms with van der Waals surface area (Å²) in [5.41, 5.74) is 2.31. The van der Waals surface area contributed by atoms with Gasteiger partial charge in [-0.15, -0.1) is 0 Å². The Morgan fingerprint density at radius 1 is 1.17 bits per heavy atom. The van der Waals surface area contributed by atoms with Crippen molar-refractivity contribution in [3.8, 4) is 5.75 Å². The molecule has 1 saturated heterocycles. The largest absolute Gasteiger partial charge is 0.508 e. The number of benzene rings is 1. The lowest BCUT2D eigenvalue weighted by atomic mass is 10.1. The van der Waals surface area contributed by atoms with Crippen LogP contribution in [0.5, 0.6) is 5.75 Å². The number of likely N-dealkylation sites (N-methyl/N-ethyl adjacent to an activating group) is 1. The Bertz CT molecular complexity index is 384. The number of hydrogen-bond acceptors (Lipinski definition) is 3. The van der Waals surface area contributed by atoms with Crippen molar-refractivity contribution in [2.75, 3.05) is 39.8 Å². The molecular formula is C15H24N2O. The number of piperazine rings is 1. The summed E-state index contributed by atoms with van der Waals surface area (Å²) in [6.07, 6.45) is 2.10. The summed E-state index contributed by atoms with van der Waals surface area (Å²) in [6.45, 7) is 7.92. The third kappa shape index (κ3) is 3.72. The van der Waals surface area contributed by atoms with E-state index in [0.717, 1.165) is 24.9 Å². The fraction of sp³-hybridized carbons (Fsp3) is 0.600. The van der Waals surface area contributed by atoms with Crippen molar-refractivity contribution in [2.24, 2.45) is 0 Å². The lowest BCUT2D eigenvalue weighted by molar-refractivity contribution is 0.153. The predicted molar refractivity (Wildman–Crippen MR) is 75.1 cm³/mol. The molecule has 1 aliphatic heterocycles. The second-order valence-corrected chi connectivity index (χ2v) is 5.38. The van der Waals surface area contributed by atoms with E-state index >= 15 is 0 Å². The van der Waals surface area contributed by atoms with E-state index < -0.39 is 0 Å². The van der Waals surface area contributed by atoms with Gasteiger partial charge >= 0.3 is 0 Å². The van der Waals surface area contributed by atoms with E-state index in [9.17, 15) is 5.11 Å². The van der Waals surface area contributed by atoms with Crippen LogP contribution in [0.1, 0.15) is 17.5 Å². The minimum Gasteiger partial charge on any atom is -0.508 e. The van der Waals surface area contributed by atoms with Crippen LogP contribution in [-0.4, -0.2) is 54.7 Å². The van der Waals surface area contributed by atoms with Crippen LogP contribution in [0, 0.1) is 6.92 Å². The number of rotatable bonds is 4. The zero-order valence-electron chi connectivity index (χ0n) is 11.5. The second kappa shape index (κ2) is 6.21. The third-order valence-corrected chi connectivity index (χ3v) is 3.75. The van der Waals surface area contributed by atoms with Crippen LogP contribution < -0.4 is 0 Å². The van der Waals surface area contributed by atoms with Gasteiger partial charge in [0, 0.05) is 26.2 Å². The number of nitrogens with zero attached hydrogens (tertiary/aromatic N) is 2. The molecule has 0 atom stereocenters. The lowest BCUT2D eigenvalue weighted by Gasteiger charge is -2.32. The molecule has 0 radical (unpaired) electrons. The maximum Gasteiger partial charge on any atom is 0.118 e. The maximum atomic E-state index is 9.79. The zero-order valence-corrected chi connectivity index (χ0v) is 11.5. The first kappa shape index (κ1) is 13.4. The van der Waals surface area contributed by atoms with Crippen molar-refractivity contribution < 1.29 is 5.11 Å². The molecule has 1 heterocycles. The van der Waals surface area contributed by atoms with Gasteiger partial charge in [0.15, 0.2) is 0 Å². The minimum absolute atomic E-state index is 0.443.